The molecule has 4 rings (SSSR count). The molecule has 2 aliphatic heterocycles. The molecule has 2 N–H and O–H groups in total. The standard InChI is InChI=1S/C21H18ClN5/c1-27-14-6-7-17(27)18-15(8-14)16(9-23)20(26)21(10-24,11-25)19(18)12-2-4-13(22)5-3-12/h2-5,8,14,17-19H,6-7,26H2,1H3/t14-,17-,18-,19+/m1/s1. The summed E-state index contributed by atoms with van der Waals surface area (Å²) in [5, 5.41) is 30.6. The molecule has 2 heterocycles. The van der Waals surface area contributed by atoms with E-state index in [0.717, 1.165) is 24.0 Å². The van der Waals surface area contributed by atoms with E-state index >= 15 is 0 Å². The third-order valence-corrected chi connectivity index (χ3v) is 6.70. The summed E-state index contributed by atoms with van der Waals surface area (Å²) in [6.07, 6.45) is 4.07. The Morgan fingerprint density at radius 3 is 2.41 bits per heavy atom. The number of halogens is 1. The molecule has 0 saturated carbocycles. The topological polar surface area (TPSA) is 101 Å². The number of nitrogens with zero attached hydrogens (tertiary/aromatic N) is 4. The van der Waals surface area contributed by atoms with E-state index in [9.17, 15) is 15.8 Å². The molecule has 0 aromatic heterocycles. The van der Waals surface area contributed by atoms with Crippen LogP contribution in [-0.2, 0) is 0 Å². The molecule has 1 fully saturated rings. The maximum atomic E-state index is 10.1. The second-order valence-electron chi connectivity index (χ2n) is 7.49. The summed E-state index contributed by atoms with van der Waals surface area (Å²) >= 11 is 6.06. The highest BCUT2D eigenvalue weighted by Crippen LogP contribution is 2.58. The van der Waals surface area contributed by atoms with Gasteiger partial charge in [0.15, 0.2) is 5.41 Å². The van der Waals surface area contributed by atoms with E-state index < -0.39 is 11.3 Å². The van der Waals surface area contributed by atoms with Gasteiger partial charge >= 0.3 is 0 Å². The first-order chi connectivity index (χ1) is 13.0. The van der Waals surface area contributed by atoms with Gasteiger partial charge in [-0.05, 0) is 43.2 Å². The zero-order valence-electron chi connectivity index (χ0n) is 14.9. The highest BCUT2D eigenvalue weighted by Gasteiger charge is 2.58. The van der Waals surface area contributed by atoms with Gasteiger partial charge in [-0.15, -0.1) is 0 Å². The van der Waals surface area contributed by atoms with E-state index in [1.54, 1.807) is 12.1 Å². The SMILES string of the molecule is CN1[C@@H]2CC[C@@H]1C=C1C(C#N)=C(N)C(C#N)(C#N)[C@@H](c3ccc(Cl)cc3)[C@H]12. The Morgan fingerprint density at radius 1 is 1.15 bits per heavy atom. The van der Waals surface area contributed by atoms with Crippen molar-refractivity contribution in [1.82, 2.24) is 4.90 Å². The first-order valence-electron chi connectivity index (χ1n) is 8.90. The molecule has 1 aromatic rings. The van der Waals surface area contributed by atoms with E-state index in [1.807, 2.05) is 12.1 Å². The average molecular weight is 376 g/mol. The lowest BCUT2D eigenvalue weighted by Gasteiger charge is -2.48. The summed E-state index contributed by atoms with van der Waals surface area (Å²) in [5.41, 5.74) is 6.86. The summed E-state index contributed by atoms with van der Waals surface area (Å²) in [6.45, 7) is 0. The van der Waals surface area contributed by atoms with E-state index in [2.05, 4.69) is 36.2 Å². The van der Waals surface area contributed by atoms with Crippen LogP contribution in [0.5, 0.6) is 0 Å². The Balaban J connectivity index is 2.04. The van der Waals surface area contributed by atoms with Crippen LogP contribution in [-0.4, -0.2) is 24.0 Å². The van der Waals surface area contributed by atoms with Crippen molar-refractivity contribution >= 4 is 11.6 Å². The molecule has 0 unspecified atom stereocenters. The van der Waals surface area contributed by atoms with Crippen molar-refractivity contribution in [2.75, 3.05) is 7.05 Å². The van der Waals surface area contributed by atoms with Crippen LogP contribution in [0.3, 0.4) is 0 Å². The second kappa shape index (κ2) is 6.14. The van der Waals surface area contributed by atoms with E-state index in [1.165, 1.54) is 0 Å². The molecule has 134 valence electrons. The van der Waals surface area contributed by atoms with Crippen LogP contribution < -0.4 is 5.73 Å². The molecule has 1 aliphatic carbocycles. The molecular weight excluding hydrogens is 358 g/mol. The molecule has 6 heteroatoms. The minimum absolute atomic E-state index is 0.0707. The number of likely N-dealkylation sites (N-methyl/N-ethyl adjacent to an activating group) is 1. The number of fused-ring (bicyclic) bond motifs is 4. The summed E-state index contributed by atoms with van der Waals surface area (Å²) in [7, 11) is 2.07. The summed E-state index contributed by atoms with van der Waals surface area (Å²) in [4.78, 5) is 2.30. The number of benzene rings is 1. The van der Waals surface area contributed by atoms with Gasteiger partial charge in [0.1, 0.15) is 6.07 Å². The Bertz CT molecular complexity index is 971. The lowest BCUT2D eigenvalue weighted by molar-refractivity contribution is 0.160. The second-order valence-corrected chi connectivity index (χ2v) is 7.92. The third kappa shape index (κ3) is 2.25. The molecule has 5 nitrogen and oxygen atoms in total. The molecule has 0 spiro atoms. The number of rotatable bonds is 1. The van der Waals surface area contributed by atoms with Crippen LogP contribution in [0.15, 0.2) is 47.2 Å². The van der Waals surface area contributed by atoms with Crippen LogP contribution in [0, 0.1) is 45.3 Å². The van der Waals surface area contributed by atoms with Crippen molar-refractivity contribution in [3.05, 3.63) is 57.8 Å². The Hall–Kier alpha value is -2.78. The Morgan fingerprint density at radius 2 is 1.81 bits per heavy atom. The first-order valence-corrected chi connectivity index (χ1v) is 9.28. The van der Waals surface area contributed by atoms with Crippen LogP contribution in [0.4, 0.5) is 0 Å². The third-order valence-electron chi connectivity index (χ3n) is 6.45. The highest BCUT2D eigenvalue weighted by atomic mass is 35.5. The van der Waals surface area contributed by atoms with Crippen LogP contribution in [0.1, 0.15) is 24.3 Å². The van der Waals surface area contributed by atoms with Gasteiger partial charge in [-0.25, -0.2) is 0 Å². The summed E-state index contributed by atoms with van der Waals surface area (Å²) < 4.78 is 0. The zero-order valence-corrected chi connectivity index (χ0v) is 15.6. The lowest BCUT2D eigenvalue weighted by atomic mass is 9.56. The van der Waals surface area contributed by atoms with Crippen molar-refractivity contribution in [2.24, 2.45) is 17.1 Å². The molecule has 1 saturated heterocycles. The predicted molar refractivity (Wildman–Crippen MR) is 101 cm³/mol. The normalized spacial score (nSPS) is 31.3. The molecule has 1 aromatic carbocycles. The molecule has 27 heavy (non-hydrogen) atoms. The largest absolute Gasteiger partial charge is 0.399 e. The Kier molecular flexibility index (Phi) is 4.01. The quantitative estimate of drug-likeness (QED) is 0.812. The van der Waals surface area contributed by atoms with Gasteiger partial charge in [0.2, 0.25) is 0 Å². The van der Waals surface area contributed by atoms with Crippen molar-refractivity contribution in [1.29, 1.82) is 15.8 Å². The fourth-order valence-corrected chi connectivity index (χ4v) is 5.26. The monoisotopic (exact) mass is 375 g/mol. The molecule has 2 bridgehead atoms. The first kappa shape index (κ1) is 17.6. The molecule has 4 atom stereocenters. The maximum absolute atomic E-state index is 10.1. The highest BCUT2D eigenvalue weighted by molar-refractivity contribution is 6.30. The predicted octanol–water partition coefficient (Wildman–Crippen LogP) is 3.23. The van der Waals surface area contributed by atoms with Gasteiger partial charge in [-0.1, -0.05) is 29.8 Å². The fraction of sp³-hybridized carbons (Fsp3) is 0.381. The molecule has 0 radical (unpaired) electrons. The number of hydrogen-bond donors (Lipinski definition) is 1. The van der Waals surface area contributed by atoms with Gasteiger partial charge in [0.25, 0.3) is 0 Å². The minimum Gasteiger partial charge on any atom is -0.399 e. The van der Waals surface area contributed by atoms with Crippen LogP contribution >= 0.6 is 11.6 Å². The molecule has 0 amide bonds. The summed E-state index contributed by atoms with van der Waals surface area (Å²) in [5.74, 6) is -0.601. The van der Waals surface area contributed by atoms with Gasteiger partial charge in [0, 0.05) is 28.9 Å². The van der Waals surface area contributed by atoms with E-state index in [4.69, 9.17) is 17.3 Å². The van der Waals surface area contributed by atoms with Gasteiger partial charge in [0.05, 0.1) is 23.4 Å². The van der Waals surface area contributed by atoms with Crippen molar-refractivity contribution in [2.45, 2.75) is 30.8 Å². The van der Waals surface area contributed by atoms with Crippen LogP contribution in [0.25, 0.3) is 0 Å². The average Bonchev–Trinajstić information content (AvgIpc) is 2.91. The number of hydrogen-bond acceptors (Lipinski definition) is 5. The lowest BCUT2D eigenvalue weighted by Crippen LogP contribution is -2.51. The molecular formula is C21H18ClN5. The van der Waals surface area contributed by atoms with Crippen molar-refractivity contribution in [3.8, 4) is 18.2 Å². The fourth-order valence-electron chi connectivity index (χ4n) is 5.13. The minimum atomic E-state index is -1.59. The Labute approximate surface area is 163 Å². The van der Waals surface area contributed by atoms with Crippen molar-refractivity contribution < 1.29 is 0 Å². The van der Waals surface area contributed by atoms with E-state index in [-0.39, 0.29) is 23.7 Å². The van der Waals surface area contributed by atoms with Gasteiger partial charge in [-0.2, -0.15) is 15.8 Å². The number of allylic oxidation sites excluding steroid dienone is 2. The van der Waals surface area contributed by atoms with Gasteiger partial charge < -0.3 is 5.73 Å². The number of nitrogens with two attached hydrogens (primary N) is 1. The maximum Gasteiger partial charge on any atom is 0.191 e. The van der Waals surface area contributed by atoms with Gasteiger partial charge in [-0.3, -0.25) is 4.90 Å². The summed E-state index contributed by atoms with van der Waals surface area (Å²) in [6, 6.07) is 14.2. The smallest absolute Gasteiger partial charge is 0.191 e. The number of nitriles is 3. The zero-order chi connectivity index (χ0) is 19.3. The van der Waals surface area contributed by atoms with Crippen LogP contribution in [0.2, 0.25) is 5.02 Å². The molecule has 3 aliphatic rings. The van der Waals surface area contributed by atoms with E-state index in [0.29, 0.717) is 10.6 Å². The van der Waals surface area contributed by atoms with Crippen molar-refractivity contribution in [3.63, 3.8) is 0 Å².